The van der Waals surface area contributed by atoms with Crippen molar-refractivity contribution in [2.24, 2.45) is 5.73 Å². The number of halogens is 3. The number of anilines is 1. The number of carbonyl (C=O) groups excluding carboxylic acids is 3. The molecule has 0 aliphatic heterocycles. The Kier molecular flexibility index (Phi) is 5.84. The van der Waals surface area contributed by atoms with Crippen molar-refractivity contribution >= 4 is 23.5 Å². The second kappa shape index (κ2) is 7.90. The molecular weight excluding hydrogens is 365 g/mol. The van der Waals surface area contributed by atoms with E-state index < -0.39 is 35.6 Å². The zero-order chi connectivity index (χ0) is 20.2. The van der Waals surface area contributed by atoms with Crippen LogP contribution in [0.15, 0.2) is 48.5 Å². The van der Waals surface area contributed by atoms with Crippen LogP contribution in [0.25, 0.3) is 0 Å². The average molecular weight is 380 g/mol. The van der Waals surface area contributed by atoms with Gasteiger partial charge >= 0.3 is 12.1 Å². The molecule has 0 fully saturated rings. The fourth-order valence-electron chi connectivity index (χ4n) is 2.07. The normalized spacial score (nSPS) is 12.1. The van der Waals surface area contributed by atoms with Crippen molar-refractivity contribution in [1.29, 1.82) is 0 Å². The number of esters is 1. The van der Waals surface area contributed by atoms with Crippen LogP contribution in [-0.4, -0.2) is 23.9 Å². The number of rotatable bonds is 5. The molecule has 0 bridgehead atoms. The molecule has 9 heteroatoms. The predicted molar refractivity (Wildman–Crippen MR) is 89.9 cm³/mol. The average Bonchev–Trinajstić information content (AvgIpc) is 2.61. The van der Waals surface area contributed by atoms with Crippen LogP contribution in [0.2, 0.25) is 0 Å². The summed E-state index contributed by atoms with van der Waals surface area (Å²) in [5.74, 6) is -2.29. The van der Waals surface area contributed by atoms with Gasteiger partial charge in [0.2, 0.25) is 5.91 Å². The Morgan fingerprint density at radius 1 is 1.04 bits per heavy atom. The maximum Gasteiger partial charge on any atom is 0.416 e. The van der Waals surface area contributed by atoms with E-state index >= 15 is 0 Å². The van der Waals surface area contributed by atoms with E-state index in [9.17, 15) is 27.6 Å². The second-order valence-corrected chi connectivity index (χ2v) is 5.56. The molecule has 2 amide bonds. The summed E-state index contributed by atoms with van der Waals surface area (Å²) in [7, 11) is 0. The lowest BCUT2D eigenvalue weighted by Gasteiger charge is -2.14. The summed E-state index contributed by atoms with van der Waals surface area (Å²) in [5.41, 5.74) is 4.37. The van der Waals surface area contributed by atoms with Gasteiger partial charge in [0.25, 0.3) is 5.91 Å². The third kappa shape index (κ3) is 5.30. The van der Waals surface area contributed by atoms with Crippen LogP contribution in [-0.2, 0) is 15.7 Å². The Labute approximate surface area is 152 Å². The van der Waals surface area contributed by atoms with Gasteiger partial charge in [0.1, 0.15) is 0 Å². The highest BCUT2D eigenvalue weighted by Gasteiger charge is 2.30. The van der Waals surface area contributed by atoms with Crippen LogP contribution >= 0.6 is 0 Å². The summed E-state index contributed by atoms with van der Waals surface area (Å²) in [6, 6.07) is 9.34. The number of amides is 2. The summed E-state index contributed by atoms with van der Waals surface area (Å²) < 4.78 is 43.1. The van der Waals surface area contributed by atoms with E-state index in [1.807, 2.05) is 0 Å². The van der Waals surface area contributed by atoms with Crippen molar-refractivity contribution in [1.82, 2.24) is 0 Å². The minimum atomic E-state index is -4.55. The SMILES string of the molecule is C[C@H](OC(=O)c1ccc(C(N)=O)cc1)C(=O)Nc1cccc(C(F)(F)F)c1. The fraction of sp³-hybridized carbons (Fsp3) is 0.167. The summed E-state index contributed by atoms with van der Waals surface area (Å²) in [5, 5.41) is 2.26. The van der Waals surface area contributed by atoms with Crippen LogP contribution in [0.5, 0.6) is 0 Å². The number of carbonyl (C=O) groups is 3. The smallest absolute Gasteiger partial charge is 0.416 e. The number of nitrogens with two attached hydrogens (primary N) is 1. The van der Waals surface area contributed by atoms with Crippen molar-refractivity contribution in [2.75, 3.05) is 5.32 Å². The van der Waals surface area contributed by atoms with E-state index in [1.54, 1.807) is 0 Å². The Morgan fingerprint density at radius 3 is 2.19 bits per heavy atom. The summed E-state index contributed by atoms with van der Waals surface area (Å²) in [6.45, 7) is 1.28. The van der Waals surface area contributed by atoms with Gasteiger partial charge in [0.15, 0.2) is 6.10 Å². The highest BCUT2D eigenvalue weighted by molar-refractivity contribution is 5.98. The number of benzene rings is 2. The first-order chi connectivity index (χ1) is 12.6. The van der Waals surface area contributed by atoms with Gasteiger partial charge in [-0.05, 0) is 49.4 Å². The molecule has 0 spiro atoms. The number of hydrogen-bond donors (Lipinski definition) is 2. The van der Waals surface area contributed by atoms with Gasteiger partial charge in [-0.15, -0.1) is 0 Å². The lowest BCUT2D eigenvalue weighted by atomic mass is 10.1. The molecule has 2 aromatic rings. The molecule has 3 N–H and O–H groups in total. The van der Waals surface area contributed by atoms with Crippen LogP contribution in [0, 0.1) is 0 Å². The molecule has 2 rings (SSSR count). The van der Waals surface area contributed by atoms with E-state index in [2.05, 4.69) is 5.32 Å². The molecule has 0 radical (unpaired) electrons. The summed E-state index contributed by atoms with van der Waals surface area (Å²) >= 11 is 0. The standard InChI is InChI=1S/C18H15F3N2O4/c1-10(27-17(26)12-7-5-11(6-8-12)15(22)24)16(25)23-14-4-2-3-13(9-14)18(19,20)21/h2-10H,1H3,(H2,22,24)(H,23,25)/t10-/m0/s1. The summed E-state index contributed by atoms with van der Waals surface area (Å²) in [6.07, 6.45) is -5.81. The van der Waals surface area contributed by atoms with Crippen molar-refractivity contribution < 1.29 is 32.3 Å². The topological polar surface area (TPSA) is 98.5 Å². The quantitative estimate of drug-likeness (QED) is 0.779. The first-order valence-electron chi connectivity index (χ1n) is 7.67. The van der Waals surface area contributed by atoms with Gasteiger partial charge in [-0.3, -0.25) is 9.59 Å². The number of alkyl halides is 3. The fourth-order valence-corrected chi connectivity index (χ4v) is 2.07. The highest BCUT2D eigenvalue weighted by atomic mass is 19.4. The predicted octanol–water partition coefficient (Wildman–Crippen LogP) is 2.99. The van der Waals surface area contributed by atoms with Crippen molar-refractivity contribution in [3.63, 3.8) is 0 Å². The molecule has 1 atom stereocenters. The third-order valence-corrected chi connectivity index (χ3v) is 3.52. The van der Waals surface area contributed by atoms with Crippen molar-refractivity contribution in [3.05, 3.63) is 65.2 Å². The lowest BCUT2D eigenvalue weighted by Crippen LogP contribution is -2.30. The van der Waals surface area contributed by atoms with Crippen molar-refractivity contribution in [2.45, 2.75) is 19.2 Å². The Morgan fingerprint density at radius 2 is 1.63 bits per heavy atom. The Balaban J connectivity index is 2.01. The third-order valence-electron chi connectivity index (χ3n) is 3.52. The lowest BCUT2D eigenvalue weighted by molar-refractivity contribution is -0.137. The van der Waals surface area contributed by atoms with Gasteiger partial charge in [-0.25, -0.2) is 4.79 Å². The van der Waals surface area contributed by atoms with E-state index in [-0.39, 0.29) is 16.8 Å². The largest absolute Gasteiger partial charge is 0.449 e. The van der Waals surface area contributed by atoms with Gasteiger partial charge in [-0.1, -0.05) is 6.07 Å². The Bertz CT molecular complexity index is 864. The molecular formula is C18H15F3N2O4. The van der Waals surface area contributed by atoms with Gasteiger partial charge < -0.3 is 15.8 Å². The van der Waals surface area contributed by atoms with E-state index in [0.717, 1.165) is 18.2 Å². The zero-order valence-corrected chi connectivity index (χ0v) is 14.0. The zero-order valence-electron chi connectivity index (χ0n) is 14.0. The molecule has 27 heavy (non-hydrogen) atoms. The number of ether oxygens (including phenoxy) is 1. The molecule has 0 aliphatic rings. The molecule has 0 unspecified atom stereocenters. The minimum Gasteiger partial charge on any atom is -0.449 e. The first kappa shape index (κ1) is 20.0. The van der Waals surface area contributed by atoms with Gasteiger partial charge in [0.05, 0.1) is 11.1 Å². The van der Waals surface area contributed by atoms with Crippen LogP contribution in [0.3, 0.4) is 0 Å². The molecule has 2 aromatic carbocycles. The van der Waals surface area contributed by atoms with Gasteiger partial charge in [-0.2, -0.15) is 13.2 Å². The highest BCUT2D eigenvalue weighted by Crippen LogP contribution is 2.30. The minimum absolute atomic E-state index is 0.0801. The van der Waals surface area contributed by atoms with E-state index in [0.29, 0.717) is 0 Å². The molecule has 0 heterocycles. The summed E-state index contributed by atoms with van der Waals surface area (Å²) in [4.78, 5) is 35.1. The van der Waals surface area contributed by atoms with Crippen LogP contribution < -0.4 is 11.1 Å². The van der Waals surface area contributed by atoms with E-state index in [4.69, 9.17) is 10.5 Å². The first-order valence-corrected chi connectivity index (χ1v) is 7.67. The van der Waals surface area contributed by atoms with E-state index in [1.165, 1.54) is 37.3 Å². The maximum absolute atomic E-state index is 12.7. The van der Waals surface area contributed by atoms with Crippen LogP contribution in [0.4, 0.5) is 18.9 Å². The molecule has 0 aromatic heterocycles. The van der Waals surface area contributed by atoms with Gasteiger partial charge in [0, 0.05) is 11.3 Å². The van der Waals surface area contributed by atoms with Crippen molar-refractivity contribution in [3.8, 4) is 0 Å². The number of primary amides is 1. The molecule has 142 valence electrons. The Hall–Kier alpha value is -3.36. The number of hydrogen-bond acceptors (Lipinski definition) is 4. The molecule has 6 nitrogen and oxygen atoms in total. The second-order valence-electron chi connectivity index (χ2n) is 5.56. The number of nitrogens with one attached hydrogen (secondary N) is 1. The van der Waals surface area contributed by atoms with Crippen LogP contribution in [0.1, 0.15) is 33.2 Å². The molecule has 0 saturated heterocycles. The molecule has 0 saturated carbocycles. The molecule has 0 aliphatic carbocycles. The maximum atomic E-state index is 12.7. The monoisotopic (exact) mass is 380 g/mol.